The lowest BCUT2D eigenvalue weighted by molar-refractivity contribution is 0.0959. The van der Waals surface area contributed by atoms with Crippen LogP contribution < -0.4 is 11.1 Å². The highest BCUT2D eigenvalue weighted by molar-refractivity contribution is 5.96. The van der Waals surface area contributed by atoms with Gasteiger partial charge < -0.3 is 16.3 Å². The molecule has 0 unspecified atom stereocenters. The second kappa shape index (κ2) is 4.99. The molecule has 80 valence electrons. The molecule has 1 aromatic rings. The molecule has 1 rings (SSSR count). The van der Waals surface area contributed by atoms with Gasteiger partial charge in [0.2, 0.25) is 0 Å². The molecule has 0 fully saturated rings. The Balaban J connectivity index is 2.58. The molecule has 0 heterocycles. The first-order chi connectivity index (χ1) is 7.13. The Kier molecular flexibility index (Phi) is 3.68. The van der Waals surface area contributed by atoms with Crippen LogP contribution in [0, 0.1) is 6.92 Å². The smallest absolute Gasteiger partial charge is 0.251 e. The molecular formula is C10H13N3O2. The van der Waals surface area contributed by atoms with Crippen molar-refractivity contribution in [3.05, 3.63) is 35.4 Å². The summed E-state index contributed by atoms with van der Waals surface area (Å²) in [6, 6.07) is 7.13. The van der Waals surface area contributed by atoms with Gasteiger partial charge in [-0.05, 0) is 19.1 Å². The summed E-state index contributed by atoms with van der Waals surface area (Å²) in [7, 11) is 0. The average Bonchev–Trinajstić information content (AvgIpc) is 2.26. The van der Waals surface area contributed by atoms with Crippen LogP contribution in [0.4, 0.5) is 0 Å². The molecule has 1 amide bonds. The van der Waals surface area contributed by atoms with E-state index >= 15 is 0 Å². The Morgan fingerprint density at radius 2 is 2.07 bits per heavy atom. The van der Waals surface area contributed by atoms with E-state index in [9.17, 15) is 4.79 Å². The highest BCUT2D eigenvalue weighted by Gasteiger charge is 2.04. The first-order valence-corrected chi connectivity index (χ1v) is 4.44. The second-order valence-corrected chi connectivity index (χ2v) is 3.14. The van der Waals surface area contributed by atoms with E-state index in [2.05, 4.69) is 10.5 Å². The number of nitrogens with one attached hydrogen (secondary N) is 1. The van der Waals surface area contributed by atoms with E-state index in [0.717, 1.165) is 5.56 Å². The lowest BCUT2D eigenvalue weighted by Gasteiger charge is -2.03. The topological polar surface area (TPSA) is 87.7 Å². The largest absolute Gasteiger partial charge is 0.409 e. The fraction of sp³-hybridized carbons (Fsp3) is 0.200. The van der Waals surface area contributed by atoms with Gasteiger partial charge in [0.05, 0.1) is 6.54 Å². The van der Waals surface area contributed by atoms with Gasteiger partial charge in [-0.3, -0.25) is 4.79 Å². The number of hydrogen-bond acceptors (Lipinski definition) is 3. The number of aryl methyl sites for hydroxylation is 1. The molecular weight excluding hydrogens is 194 g/mol. The lowest BCUT2D eigenvalue weighted by Crippen LogP contribution is -2.33. The van der Waals surface area contributed by atoms with Crippen molar-refractivity contribution in [2.75, 3.05) is 6.54 Å². The van der Waals surface area contributed by atoms with Crippen LogP contribution in [0.5, 0.6) is 0 Å². The van der Waals surface area contributed by atoms with Crippen molar-refractivity contribution in [3.63, 3.8) is 0 Å². The molecule has 5 nitrogen and oxygen atoms in total. The van der Waals surface area contributed by atoms with Crippen LogP contribution in [-0.4, -0.2) is 23.5 Å². The summed E-state index contributed by atoms with van der Waals surface area (Å²) in [6.45, 7) is 1.97. The Morgan fingerprint density at radius 1 is 1.47 bits per heavy atom. The van der Waals surface area contributed by atoms with Gasteiger partial charge in [0.15, 0.2) is 5.84 Å². The monoisotopic (exact) mass is 207 g/mol. The van der Waals surface area contributed by atoms with Crippen LogP contribution in [0.2, 0.25) is 0 Å². The van der Waals surface area contributed by atoms with Gasteiger partial charge in [0, 0.05) is 5.56 Å². The molecule has 1 aromatic carbocycles. The molecule has 0 aliphatic rings. The fourth-order valence-corrected chi connectivity index (χ4v) is 1.01. The zero-order valence-electron chi connectivity index (χ0n) is 8.40. The van der Waals surface area contributed by atoms with E-state index in [0.29, 0.717) is 5.56 Å². The second-order valence-electron chi connectivity index (χ2n) is 3.14. The molecule has 0 saturated carbocycles. The van der Waals surface area contributed by atoms with E-state index in [1.165, 1.54) is 0 Å². The van der Waals surface area contributed by atoms with Crippen molar-refractivity contribution < 1.29 is 10.0 Å². The molecule has 0 radical (unpaired) electrons. The predicted octanol–water partition coefficient (Wildman–Crippen LogP) is 0.471. The average molecular weight is 207 g/mol. The number of carbonyl (C=O) groups is 1. The Bertz CT molecular complexity index is 371. The highest BCUT2D eigenvalue weighted by atomic mass is 16.4. The van der Waals surface area contributed by atoms with Gasteiger partial charge in [-0.15, -0.1) is 0 Å². The highest BCUT2D eigenvalue weighted by Crippen LogP contribution is 2.02. The molecule has 0 spiro atoms. The third-order valence-electron chi connectivity index (χ3n) is 1.87. The quantitative estimate of drug-likeness (QED) is 0.291. The van der Waals surface area contributed by atoms with Crippen LogP contribution in [0.25, 0.3) is 0 Å². The number of hydrogen-bond donors (Lipinski definition) is 3. The third kappa shape index (κ3) is 3.30. The molecule has 15 heavy (non-hydrogen) atoms. The van der Waals surface area contributed by atoms with Gasteiger partial charge in [0.25, 0.3) is 5.91 Å². The minimum Gasteiger partial charge on any atom is -0.409 e. The Labute approximate surface area is 87.6 Å². The van der Waals surface area contributed by atoms with Crippen LogP contribution >= 0.6 is 0 Å². The van der Waals surface area contributed by atoms with E-state index in [4.69, 9.17) is 10.9 Å². The molecule has 5 heteroatoms. The van der Waals surface area contributed by atoms with Crippen molar-refractivity contribution in [1.82, 2.24) is 5.32 Å². The summed E-state index contributed by atoms with van der Waals surface area (Å²) in [4.78, 5) is 11.5. The first kappa shape index (κ1) is 11.0. The van der Waals surface area contributed by atoms with E-state index in [1.54, 1.807) is 12.1 Å². The molecule has 0 aliphatic carbocycles. The third-order valence-corrected chi connectivity index (χ3v) is 1.87. The Hall–Kier alpha value is -2.04. The van der Waals surface area contributed by atoms with Crippen molar-refractivity contribution in [2.45, 2.75) is 6.92 Å². The minimum atomic E-state index is -0.249. The van der Waals surface area contributed by atoms with E-state index in [-0.39, 0.29) is 18.3 Å². The van der Waals surface area contributed by atoms with Crippen LogP contribution in [-0.2, 0) is 0 Å². The van der Waals surface area contributed by atoms with Gasteiger partial charge >= 0.3 is 0 Å². The van der Waals surface area contributed by atoms with Gasteiger partial charge in [-0.1, -0.05) is 22.9 Å². The van der Waals surface area contributed by atoms with Crippen LogP contribution in [0.15, 0.2) is 29.4 Å². The number of amides is 1. The molecule has 4 N–H and O–H groups in total. The van der Waals surface area contributed by atoms with Crippen LogP contribution in [0.3, 0.4) is 0 Å². The molecule has 0 aliphatic heterocycles. The maximum Gasteiger partial charge on any atom is 0.251 e. The normalized spacial score (nSPS) is 11.1. The number of amidine groups is 1. The summed E-state index contributed by atoms with van der Waals surface area (Å²) in [5, 5.41) is 13.5. The summed E-state index contributed by atoms with van der Waals surface area (Å²) in [6.07, 6.45) is 0. The molecule has 0 atom stereocenters. The van der Waals surface area contributed by atoms with E-state index in [1.807, 2.05) is 19.1 Å². The molecule has 0 saturated heterocycles. The lowest BCUT2D eigenvalue weighted by atomic mass is 10.1. The summed E-state index contributed by atoms with van der Waals surface area (Å²) < 4.78 is 0. The van der Waals surface area contributed by atoms with Gasteiger partial charge in [-0.25, -0.2) is 0 Å². The SMILES string of the molecule is Cc1ccc(C(=O)NC/C(N)=N/O)cc1. The van der Waals surface area contributed by atoms with Crippen LogP contribution in [0.1, 0.15) is 15.9 Å². The van der Waals surface area contributed by atoms with E-state index < -0.39 is 0 Å². The number of oxime groups is 1. The summed E-state index contributed by atoms with van der Waals surface area (Å²) in [5.74, 6) is -0.280. The zero-order valence-corrected chi connectivity index (χ0v) is 8.40. The standard InChI is InChI=1S/C10H13N3O2/c1-7-2-4-8(5-3-7)10(14)12-6-9(11)13-15/h2-5,15H,6H2,1H3,(H2,11,13)(H,12,14). The minimum absolute atomic E-state index is 0.0310. The van der Waals surface area contributed by atoms with Crippen molar-refractivity contribution >= 4 is 11.7 Å². The van der Waals surface area contributed by atoms with Crippen molar-refractivity contribution in [2.24, 2.45) is 10.9 Å². The fourth-order valence-electron chi connectivity index (χ4n) is 1.01. The van der Waals surface area contributed by atoms with Crippen molar-refractivity contribution in [1.29, 1.82) is 0 Å². The van der Waals surface area contributed by atoms with Crippen molar-refractivity contribution in [3.8, 4) is 0 Å². The molecule has 0 aromatic heterocycles. The van der Waals surface area contributed by atoms with Gasteiger partial charge in [-0.2, -0.15) is 0 Å². The number of nitrogens with two attached hydrogens (primary N) is 1. The maximum atomic E-state index is 11.5. The maximum absolute atomic E-state index is 11.5. The number of carbonyl (C=O) groups excluding carboxylic acids is 1. The first-order valence-electron chi connectivity index (χ1n) is 4.44. The zero-order chi connectivity index (χ0) is 11.3. The number of rotatable bonds is 3. The number of benzene rings is 1. The van der Waals surface area contributed by atoms with Gasteiger partial charge in [0.1, 0.15) is 0 Å². The summed E-state index contributed by atoms with van der Waals surface area (Å²) >= 11 is 0. The molecule has 0 bridgehead atoms. The predicted molar refractivity (Wildman–Crippen MR) is 56.9 cm³/mol. The Morgan fingerprint density at radius 3 is 2.60 bits per heavy atom. The summed E-state index contributed by atoms with van der Waals surface area (Å²) in [5.41, 5.74) is 6.84. The number of nitrogens with zero attached hydrogens (tertiary/aromatic N) is 1.